The zero-order valence-electron chi connectivity index (χ0n) is 17.5. The van der Waals surface area contributed by atoms with Crippen molar-refractivity contribution in [3.8, 4) is 22.8 Å². The van der Waals surface area contributed by atoms with Gasteiger partial charge in [-0.3, -0.25) is 9.59 Å². The van der Waals surface area contributed by atoms with E-state index in [9.17, 15) is 9.59 Å². The fourth-order valence-corrected chi connectivity index (χ4v) is 4.30. The maximum absolute atomic E-state index is 12.6. The number of amides is 2. The van der Waals surface area contributed by atoms with Gasteiger partial charge in [0.2, 0.25) is 5.91 Å². The molecule has 0 saturated heterocycles. The number of methoxy groups -OCH3 is 1. The van der Waals surface area contributed by atoms with Gasteiger partial charge in [-0.25, -0.2) is 4.98 Å². The van der Waals surface area contributed by atoms with Crippen LogP contribution in [0.4, 0.5) is 10.8 Å². The average Bonchev–Trinajstić information content (AvgIpc) is 3.14. The van der Waals surface area contributed by atoms with Gasteiger partial charge in [-0.2, -0.15) is 0 Å². The number of benzene rings is 2. The largest absolute Gasteiger partial charge is 0.497 e. The summed E-state index contributed by atoms with van der Waals surface area (Å²) in [4.78, 5) is 32.3. The van der Waals surface area contributed by atoms with Crippen molar-refractivity contribution in [2.75, 3.05) is 23.9 Å². The van der Waals surface area contributed by atoms with Gasteiger partial charge in [0.1, 0.15) is 11.5 Å². The molecular formula is C23H23N3O4S. The molecule has 0 radical (unpaired) electrons. The van der Waals surface area contributed by atoms with Crippen LogP contribution in [0.1, 0.15) is 18.2 Å². The highest BCUT2D eigenvalue weighted by atomic mass is 32.1. The summed E-state index contributed by atoms with van der Waals surface area (Å²) < 4.78 is 10.8. The van der Waals surface area contributed by atoms with E-state index in [2.05, 4.69) is 10.3 Å². The van der Waals surface area contributed by atoms with Crippen LogP contribution in [0.25, 0.3) is 11.3 Å². The number of thiazole rings is 1. The van der Waals surface area contributed by atoms with Crippen LogP contribution < -0.4 is 19.7 Å². The number of nitrogens with zero attached hydrogens (tertiary/aromatic N) is 2. The first-order valence-electron chi connectivity index (χ1n) is 9.95. The fraction of sp³-hybridized carbons (Fsp3) is 0.261. The van der Waals surface area contributed by atoms with E-state index in [1.54, 1.807) is 18.9 Å². The van der Waals surface area contributed by atoms with Crippen LogP contribution in [-0.2, 0) is 9.59 Å². The van der Waals surface area contributed by atoms with Gasteiger partial charge in [-0.1, -0.05) is 12.1 Å². The van der Waals surface area contributed by atoms with Crippen LogP contribution in [-0.4, -0.2) is 36.6 Å². The number of aryl methyl sites for hydroxylation is 1. The summed E-state index contributed by atoms with van der Waals surface area (Å²) in [5, 5.41) is 3.40. The van der Waals surface area contributed by atoms with Crippen LogP contribution in [0, 0.1) is 6.92 Å². The highest BCUT2D eigenvalue weighted by Gasteiger charge is 2.31. The van der Waals surface area contributed by atoms with Crippen LogP contribution >= 0.6 is 11.3 Å². The van der Waals surface area contributed by atoms with Crippen LogP contribution in [0.15, 0.2) is 48.5 Å². The van der Waals surface area contributed by atoms with Gasteiger partial charge in [0.15, 0.2) is 11.2 Å². The van der Waals surface area contributed by atoms with Crippen molar-refractivity contribution >= 4 is 34.0 Å². The molecule has 160 valence electrons. The maximum atomic E-state index is 12.6. The number of aromatic nitrogens is 1. The predicted octanol–water partition coefficient (Wildman–Crippen LogP) is 4.27. The summed E-state index contributed by atoms with van der Waals surface area (Å²) in [6.07, 6.45) is -0.421. The third-order valence-electron chi connectivity index (χ3n) is 5.04. The summed E-state index contributed by atoms with van der Waals surface area (Å²) in [5.74, 6) is 1.08. The van der Waals surface area contributed by atoms with Crippen LogP contribution in [0.2, 0.25) is 0 Å². The van der Waals surface area contributed by atoms with Gasteiger partial charge in [-0.05, 0) is 50.2 Å². The normalized spacial score (nSPS) is 15.3. The molecule has 2 amide bonds. The van der Waals surface area contributed by atoms with Crippen molar-refractivity contribution in [3.05, 3.63) is 53.4 Å². The van der Waals surface area contributed by atoms with Gasteiger partial charge in [-0.15, -0.1) is 11.3 Å². The summed E-state index contributed by atoms with van der Waals surface area (Å²) in [5.41, 5.74) is 2.47. The smallest absolute Gasteiger partial charge is 0.267 e. The summed E-state index contributed by atoms with van der Waals surface area (Å²) in [6.45, 7) is 3.95. The molecule has 1 atom stereocenters. The zero-order valence-corrected chi connectivity index (χ0v) is 18.4. The standard InChI is InChI=1S/C23H23N3O4S/c1-14-22(28)26(18-6-4-5-7-19(18)30-14)13-12-20(27)24-23-25-21(15(2)31-23)16-8-10-17(29-3)11-9-16/h4-11,14H,12-13H2,1-3H3,(H,24,25,27)/t14-/m0/s1. The molecule has 1 aliphatic heterocycles. The molecular weight excluding hydrogens is 414 g/mol. The Morgan fingerprint density at radius 3 is 2.71 bits per heavy atom. The molecule has 0 fully saturated rings. The Hall–Kier alpha value is -3.39. The number of hydrogen-bond acceptors (Lipinski definition) is 6. The summed E-state index contributed by atoms with van der Waals surface area (Å²) in [7, 11) is 1.63. The molecule has 0 unspecified atom stereocenters. The minimum atomic E-state index is -0.577. The Morgan fingerprint density at radius 2 is 1.97 bits per heavy atom. The highest BCUT2D eigenvalue weighted by molar-refractivity contribution is 7.16. The van der Waals surface area contributed by atoms with Gasteiger partial charge in [0.25, 0.3) is 5.91 Å². The van der Waals surface area contributed by atoms with Gasteiger partial charge < -0.3 is 19.7 Å². The Balaban J connectivity index is 1.42. The molecule has 1 aliphatic rings. The number of ether oxygens (including phenoxy) is 2. The van der Waals surface area contributed by atoms with E-state index >= 15 is 0 Å². The van der Waals surface area contributed by atoms with Crippen LogP contribution in [0.5, 0.6) is 11.5 Å². The molecule has 1 N–H and O–H groups in total. The van der Waals surface area contributed by atoms with E-state index in [1.165, 1.54) is 11.3 Å². The maximum Gasteiger partial charge on any atom is 0.267 e. The molecule has 4 rings (SSSR count). The SMILES string of the molecule is COc1ccc(-c2nc(NC(=O)CCN3C(=O)[C@H](C)Oc4ccccc43)sc2C)cc1. The number of anilines is 2. The molecule has 7 nitrogen and oxygen atoms in total. The molecule has 2 aromatic carbocycles. The molecule has 0 bridgehead atoms. The zero-order chi connectivity index (χ0) is 22.0. The minimum Gasteiger partial charge on any atom is -0.497 e. The predicted molar refractivity (Wildman–Crippen MR) is 121 cm³/mol. The van der Waals surface area contributed by atoms with E-state index in [1.807, 2.05) is 55.5 Å². The molecule has 2 heterocycles. The van der Waals surface area contributed by atoms with Crippen molar-refractivity contribution in [1.29, 1.82) is 0 Å². The number of hydrogen-bond donors (Lipinski definition) is 1. The number of para-hydroxylation sites is 2. The molecule has 31 heavy (non-hydrogen) atoms. The lowest BCUT2D eigenvalue weighted by atomic mass is 10.1. The second-order valence-electron chi connectivity index (χ2n) is 7.17. The molecule has 3 aromatic rings. The topological polar surface area (TPSA) is 80.8 Å². The van der Waals surface area contributed by atoms with Crippen molar-refractivity contribution in [3.63, 3.8) is 0 Å². The molecule has 0 aliphatic carbocycles. The fourth-order valence-electron chi connectivity index (χ4n) is 3.45. The van der Waals surface area contributed by atoms with Crippen LogP contribution in [0.3, 0.4) is 0 Å². The van der Waals surface area contributed by atoms with Crippen molar-refractivity contribution in [1.82, 2.24) is 4.98 Å². The summed E-state index contributed by atoms with van der Waals surface area (Å²) in [6, 6.07) is 15.0. The number of carbonyl (C=O) groups excluding carboxylic acids is 2. The van der Waals surface area contributed by atoms with E-state index in [-0.39, 0.29) is 24.8 Å². The number of rotatable bonds is 6. The lowest BCUT2D eigenvalue weighted by Crippen LogP contribution is -2.45. The van der Waals surface area contributed by atoms with E-state index in [0.29, 0.717) is 16.6 Å². The number of fused-ring (bicyclic) bond motifs is 1. The second-order valence-corrected chi connectivity index (χ2v) is 8.37. The molecule has 0 saturated carbocycles. The summed E-state index contributed by atoms with van der Waals surface area (Å²) >= 11 is 1.42. The number of nitrogens with one attached hydrogen (secondary N) is 1. The molecule has 8 heteroatoms. The Bertz CT molecular complexity index is 1110. The lowest BCUT2D eigenvalue weighted by molar-refractivity contribution is -0.125. The Kier molecular flexibility index (Phi) is 5.90. The van der Waals surface area contributed by atoms with Crippen molar-refractivity contribution < 1.29 is 19.1 Å². The lowest BCUT2D eigenvalue weighted by Gasteiger charge is -2.32. The van der Waals surface area contributed by atoms with Crippen molar-refractivity contribution in [2.45, 2.75) is 26.4 Å². The number of carbonyl (C=O) groups is 2. The third-order valence-corrected chi connectivity index (χ3v) is 5.93. The van der Waals surface area contributed by atoms with Gasteiger partial charge in [0, 0.05) is 23.4 Å². The van der Waals surface area contributed by atoms with Gasteiger partial charge in [0.05, 0.1) is 18.5 Å². The Morgan fingerprint density at radius 1 is 1.23 bits per heavy atom. The molecule has 0 spiro atoms. The minimum absolute atomic E-state index is 0.154. The Labute approximate surface area is 184 Å². The van der Waals surface area contributed by atoms with E-state index in [0.717, 1.165) is 21.9 Å². The average molecular weight is 438 g/mol. The first-order valence-corrected chi connectivity index (χ1v) is 10.8. The van der Waals surface area contributed by atoms with E-state index < -0.39 is 6.10 Å². The third kappa shape index (κ3) is 4.39. The molecule has 1 aromatic heterocycles. The highest BCUT2D eigenvalue weighted by Crippen LogP contribution is 2.34. The monoisotopic (exact) mass is 437 g/mol. The second kappa shape index (κ2) is 8.77. The first kappa shape index (κ1) is 20.9. The quantitative estimate of drug-likeness (QED) is 0.623. The van der Waals surface area contributed by atoms with E-state index in [4.69, 9.17) is 9.47 Å². The van der Waals surface area contributed by atoms with Crippen molar-refractivity contribution in [2.24, 2.45) is 0 Å². The first-order chi connectivity index (χ1) is 15.0. The van der Waals surface area contributed by atoms with Gasteiger partial charge >= 0.3 is 0 Å².